The number of amides is 1. The van der Waals surface area contributed by atoms with Crippen LogP contribution in [0.4, 0.5) is 0 Å². The Morgan fingerprint density at radius 2 is 1.90 bits per heavy atom. The Balaban J connectivity index is 1.98. The molecular weight excluding hydrogens is 266 g/mol. The molecule has 0 bridgehead atoms. The Bertz CT molecular complexity index is 523. The Hall–Kier alpha value is -1.84. The maximum Gasteiger partial charge on any atom is 0.307 e. The van der Waals surface area contributed by atoms with E-state index in [0.717, 1.165) is 12.8 Å². The molecule has 4 heteroatoms. The Labute approximate surface area is 125 Å². The number of aryl methyl sites for hydroxylation is 1. The lowest BCUT2D eigenvalue weighted by atomic mass is 10.0. The first-order valence-corrected chi connectivity index (χ1v) is 7.49. The van der Waals surface area contributed by atoms with E-state index in [1.807, 2.05) is 0 Å². The molecule has 1 saturated carbocycles. The van der Waals surface area contributed by atoms with Gasteiger partial charge in [0.15, 0.2) is 0 Å². The van der Waals surface area contributed by atoms with Crippen LogP contribution in [0.3, 0.4) is 0 Å². The van der Waals surface area contributed by atoms with Gasteiger partial charge in [-0.2, -0.15) is 0 Å². The van der Waals surface area contributed by atoms with Crippen molar-refractivity contribution in [3.8, 4) is 0 Å². The van der Waals surface area contributed by atoms with E-state index in [1.54, 1.807) is 11.9 Å². The summed E-state index contributed by atoms with van der Waals surface area (Å²) >= 11 is 0. The third kappa shape index (κ3) is 3.63. The van der Waals surface area contributed by atoms with Crippen molar-refractivity contribution in [1.82, 2.24) is 4.90 Å². The highest BCUT2D eigenvalue weighted by molar-refractivity contribution is 5.89. The zero-order valence-electron chi connectivity index (χ0n) is 12.9. The molecular formula is C17H23NO3. The molecule has 1 amide bonds. The van der Waals surface area contributed by atoms with Gasteiger partial charge in [0.1, 0.15) is 0 Å². The highest BCUT2D eigenvalue weighted by Crippen LogP contribution is 2.40. The van der Waals surface area contributed by atoms with Crippen LogP contribution < -0.4 is 0 Å². The van der Waals surface area contributed by atoms with Gasteiger partial charge in [-0.25, -0.2) is 0 Å². The van der Waals surface area contributed by atoms with Crippen LogP contribution in [0.5, 0.6) is 0 Å². The second-order valence-corrected chi connectivity index (χ2v) is 5.99. The summed E-state index contributed by atoms with van der Waals surface area (Å²) < 4.78 is 0. The topological polar surface area (TPSA) is 57.6 Å². The molecule has 3 unspecified atom stereocenters. The average Bonchev–Trinajstić information content (AvgIpc) is 3.26. The van der Waals surface area contributed by atoms with Crippen molar-refractivity contribution in [3.63, 3.8) is 0 Å². The molecule has 21 heavy (non-hydrogen) atoms. The molecule has 4 nitrogen and oxygen atoms in total. The number of rotatable bonds is 6. The molecule has 1 aromatic carbocycles. The minimum absolute atomic E-state index is 0.0265. The second-order valence-electron chi connectivity index (χ2n) is 5.99. The minimum Gasteiger partial charge on any atom is -0.481 e. The van der Waals surface area contributed by atoms with Gasteiger partial charge in [0.05, 0.1) is 11.8 Å². The van der Waals surface area contributed by atoms with Crippen LogP contribution in [-0.2, 0) is 16.0 Å². The van der Waals surface area contributed by atoms with Gasteiger partial charge in [-0.3, -0.25) is 9.59 Å². The summed E-state index contributed by atoms with van der Waals surface area (Å²) in [5, 5.41) is 8.94. The number of carbonyl (C=O) groups is 2. The molecule has 1 fully saturated rings. The van der Waals surface area contributed by atoms with Crippen LogP contribution >= 0.6 is 0 Å². The smallest absolute Gasteiger partial charge is 0.307 e. The standard InChI is InChI=1S/C17H23NO3/c1-4-13(9-12-7-5-11(2)6-8-12)18(3)16(19)14-10-15(14)17(20)21/h5-8,13-15H,4,9-10H2,1-3H3,(H,20,21). The molecule has 0 aromatic heterocycles. The number of carboxylic acid groups (broad SMARTS) is 1. The number of carboxylic acids is 1. The van der Waals surface area contributed by atoms with E-state index in [-0.39, 0.29) is 17.9 Å². The lowest BCUT2D eigenvalue weighted by molar-refractivity contribution is -0.142. The minimum atomic E-state index is -0.853. The molecule has 0 heterocycles. The number of carbonyl (C=O) groups excluding carboxylic acids is 1. The van der Waals surface area contributed by atoms with Crippen molar-refractivity contribution in [2.45, 2.75) is 39.2 Å². The maximum absolute atomic E-state index is 12.3. The fourth-order valence-corrected chi connectivity index (χ4v) is 2.73. The van der Waals surface area contributed by atoms with Crippen molar-refractivity contribution in [2.24, 2.45) is 11.8 Å². The monoisotopic (exact) mass is 289 g/mol. The molecule has 1 aromatic rings. The fourth-order valence-electron chi connectivity index (χ4n) is 2.73. The van der Waals surface area contributed by atoms with Crippen LogP contribution in [0.2, 0.25) is 0 Å². The molecule has 114 valence electrons. The number of hydrogen-bond donors (Lipinski definition) is 1. The van der Waals surface area contributed by atoms with E-state index < -0.39 is 11.9 Å². The van der Waals surface area contributed by atoms with E-state index in [1.165, 1.54) is 11.1 Å². The van der Waals surface area contributed by atoms with Gasteiger partial charge in [-0.05, 0) is 31.7 Å². The van der Waals surface area contributed by atoms with Crippen molar-refractivity contribution < 1.29 is 14.7 Å². The first-order valence-electron chi connectivity index (χ1n) is 7.49. The van der Waals surface area contributed by atoms with Gasteiger partial charge in [0.2, 0.25) is 5.91 Å². The van der Waals surface area contributed by atoms with E-state index in [4.69, 9.17) is 5.11 Å². The number of benzene rings is 1. The zero-order chi connectivity index (χ0) is 15.6. The molecule has 1 aliphatic carbocycles. The summed E-state index contributed by atoms with van der Waals surface area (Å²) in [6.07, 6.45) is 2.16. The highest BCUT2D eigenvalue weighted by Gasteiger charge is 2.49. The number of hydrogen-bond acceptors (Lipinski definition) is 2. The van der Waals surface area contributed by atoms with E-state index >= 15 is 0 Å². The average molecular weight is 289 g/mol. The molecule has 0 radical (unpaired) electrons. The largest absolute Gasteiger partial charge is 0.481 e. The zero-order valence-corrected chi connectivity index (χ0v) is 12.9. The summed E-state index contributed by atoms with van der Waals surface area (Å²) in [6.45, 7) is 4.11. The van der Waals surface area contributed by atoms with Gasteiger partial charge >= 0.3 is 5.97 Å². The van der Waals surface area contributed by atoms with Crippen LogP contribution in [0.1, 0.15) is 30.9 Å². The lowest BCUT2D eigenvalue weighted by Gasteiger charge is -2.28. The first kappa shape index (κ1) is 15.5. The molecule has 3 atom stereocenters. The van der Waals surface area contributed by atoms with Crippen molar-refractivity contribution in [2.75, 3.05) is 7.05 Å². The summed E-state index contributed by atoms with van der Waals surface area (Å²) in [6, 6.07) is 8.45. The van der Waals surface area contributed by atoms with Crippen molar-refractivity contribution in [3.05, 3.63) is 35.4 Å². The molecule has 1 N–H and O–H groups in total. The number of nitrogens with zero attached hydrogens (tertiary/aromatic N) is 1. The highest BCUT2D eigenvalue weighted by atomic mass is 16.4. The van der Waals surface area contributed by atoms with Gasteiger partial charge < -0.3 is 10.0 Å². The Kier molecular flexibility index (Phi) is 4.66. The van der Waals surface area contributed by atoms with Gasteiger partial charge in [0, 0.05) is 13.1 Å². The van der Waals surface area contributed by atoms with Gasteiger partial charge in [-0.15, -0.1) is 0 Å². The second kappa shape index (κ2) is 6.29. The summed E-state index contributed by atoms with van der Waals surface area (Å²) in [7, 11) is 1.79. The van der Waals surface area contributed by atoms with Crippen molar-refractivity contribution in [1.29, 1.82) is 0 Å². The van der Waals surface area contributed by atoms with Gasteiger partial charge in [0.25, 0.3) is 0 Å². The van der Waals surface area contributed by atoms with E-state index in [0.29, 0.717) is 6.42 Å². The van der Waals surface area contributed by atoms with Crippen LogP contribution in [-0.4, -0.2) is 35.0 Å². The number of likely N-dealkylation sites (N-methyl/N-ethyl adjacent to an activating group) is 1. The van der Waals surface area contributed by atoms with Crippen LogP contribution in [0.15, 0.2) is 24.3 Å². The van der Waals surface area contributed by atoms with Crippen LogP contribution in [0.25, 0.3) is 0 Å². The molecule has 2 rings (SSSR count). The third-order valence-corrected chi connectivity index (χ3v) is 4.38. The van der Waals surface area contributed by atoms with E-state index in [9.17, 15) is 9.59 Å². The third-order valence-electron chi connectivity index (χ3n) is 4.38. The van der Waals surface area contributed by atoms with Crippen molar-refractivity contribution >= 4 is 11.9 Å². The van der Waals surface area contributed by atoms with Crippen LogP contribution in [0, 0.1) is 18.8 Å². The summed E-state index contributed by atoms with van der Waals surface area (Å²) in [4.78, 5) is 25.0. The quantitative estimate of drug-likeness (QED) is 0.875. The molecule has 0 spiro atoms. The predicted molar refractivity (Wildman–Crippen MR) is 81.0 cm³/mol. The van der Waals surface area contributed by atoms with E-state index in [2.05, 4.69) is 38.1 Å². The normalized spacial score (nSPS) is 21.7. The molecule has 0 saturated heterocycles. The molecule has 0 aliphatic heterocycles. The fraction of sp³-hybridized carbons (Fsp3) is 0.529. The SMILES string of the molecule is CCC(Cc1ccc(C)cc1)N(C)C(=O)C1CC1C(=O)O. The Morgan fingerprint density at radius 1 is 1.29 bits per heavy atom. The summed E-state index contributed by atoms with van der Waals surface area (Å²) in [5.74, 6) is -1.67. The lowest BCUT2D eigenvalue weighted by Crippen LogP contribution is -2.39. The van der Waals surface area contributed by atoms with Gasteiger partial charge in [-0.1, -0.05) is 36.8 Å². The summed E-state index contributed by atoms with van der Waals surface area (Å²) in [5.41, 5.74) is 2.43. The Morgan fingerprint density at radius 3 is 2.38 bits per heavy atom. The molecule has 1 aliphatic rings. The maximum atomic E-state index is 12.3. The first-order chi connectivity index (χ1) is 9.93. The number of aliphatic carboxylic acids is 1. The predicted octanol–water partition coefficient (Wildman–Crippen LogP) is 2.50.